The van der Waals surface area contributed by atoms with Crippen molar-refractivity contribution in [3.63, 3.8) is 0 Å². The number of methoxy groups -OCH3 is 1. The van der Waals surface area contributed by atoms with Gasteiger partial charge in [-0.3, -0.25) is 9.78 Å². The van der Waals surface area contributed by atoms with Gasteiger partial charge in [-0.15, -0.1) is 6.58 Å². The van der Waals surface area contributed by atoms with E-state index >= 15 is 0 Å². The zero-order valence-corrected chi connectivity index (χ0v) is 28.9. The smallest absolute Gasteiger partial charge is 0.417 e. The van der Waals surface area contributed by atoms with E-state index in [1.165, 1.54) is 19.2 Å². The third kappa shape index (κ3) is 9.66. The van der Waals surface area contributed by atoms with Crippen LogP contribution in [0.15, 0.2) is 97.5 Å². The molecule has 2 amide bonds. The Hall–Kier alpha value is -5.23. The van der Waals surface area contributed by atoms with E-state index in [2.05, 4.69) is 28.8 Å². The number of hydrogen-bond donors (Lipinski definition) is 2. The van der Waals surface area contributed by atoms with Crippen LogP contribution in [-0.4, -0.2) is 52.7 Å². The second-order valence-electron chi connectivity index (χ2n) is 12.1. The maximum absolute atomic E-state index is 14.6. The van der Waals surface area contributed by atoms with Gasteiger partial charge in [-0.05, 0) is 63.1 Å². The number of pyridine rings is 1. The molecule has 2 aromatic carbocycles. The molecule has 0 aliphatic carbocycles. The molecule has 0 radical (unpaired) electrons. The van der Waals surface area contributed by atoms with Crippen LogP contribution in [0, 0.1) is 11.7 Å². The Morgan fingerprint density at radius 1 is 1.14 bits per heavy atom. The Balaban J connectivity index is 1.67. The van der Waals surface area contributed by atoms with Gasteiger partial charge in [-0.1, -0.05) is 49.1 Å². The minimum Gasteiger partial charge on any atom is -0.492 e. The average molecular weight is 689 g/mol. The van der Waals surface area contributed by atoms with Crippen LogP contribution < -0.4 is 24.8 Å². The predicted octanol–water partition coefficient (Wildman–Crippen LogP) is 7.13. The van der Waals surface area contributed by atoms with Crippen molar-refractivity contribution < 1.29 is 32.9 Å². The number of nitrogens with zero attached hydrogens (tertiary/aromatic N) is 2. The quantitative estimate of drug-likeness (QED) is 0.134. The van der Waals surface area contributed by atoms with Gasteiger partial charge < -0.3 is 29.6 Å². The number of aromatic nitrogens is 1. The van der Waals surface area contributed by atoms with E-state index in [9.17, 15) is 14.0 Å². The number of carbonyl (C=O) groups is 2. The van der Waals surface area contributed by atoms with Crippen LogP contribution in [0.5, 0.6) is 17.2 Å². The molecule has 12 heteroatoms. The summed E-state index contributed by atoms with van der Waals surface area (Å²) in [5.74, 6) is -0.557. The number of hydrogen-bond acceptors (Lipinski definition) is 9. The molecule has 0 saturated carbocycles. The van der Waals surface area contributed by atoms with Crippen LogP contribution in [0.4, 0.5) is 14.9 Å². The molecule has 0 saturated heterocycles. The molecular weight excluding hydrogens is 647 g/mol. The highest BCUT2D eigenvalue weighted by Gasteiger charge is 2.40. The van der Waals surface area contributed by atoms with Gasteiger partial charge in [-0.2, -0.15) is 0 Å². The number of para-hydroxylation sites is 1. The normalized spacial score (nSPS) is 14.5. The zero-order chi connectivity index (χ0) is 35.6. The second kappa shape index (κ2) is 16.7. The first kappa shape index (κ1) is 36.6. The fourth-order valence-corrected chi connectivity index (χ4v) is 5.39. The summed E-state index contributed by atoms with van der Waals surface area (Å²) in [5.41, 5.74) is 1.52. The van der Waals surface area contributed by atoms with Crippen molar-refractivity contribution in [3.05, 3.63) is 114 Å². The van der Waals surface area contributed by atoms with E-state index < -0.39 is 29.3 Å². The molecule has 1 aliphatic rings. The Labute approximate surface area is 291 Å². The van der Waals surface area contributed by atoms with E-state index in [1.807, 2.05) is 24.3 Å². The molecule has 0 spiro atoms. The molecule has 49 heavy (non-hydrogen) atoms. The van der Waals surface area contributed by atoms with Crippen molar-refractivity contribution in [3.8, 4) is 17.2 Å². The zero-order valence-electron chi connectivity index (χ0n) is 28.1. The van der Waals surface area contributed by atoms with Gasteiger partial charge in [0.1, 0.15) is 35.3 Å². The number of carbonyl (C=O) groups excluding carboxylic acids is 2. The Morgan fingerprint density at radius 2 is 1.92 bits per heavy atom. The standard InChI is InChI=1S/C37H41FN4O6S/c1-7-11-26-22-42(36(44)48-37(3,4)5)35(43)31(34(49)41-29-15-10-14-28(38)33(29)45-6)32(26)40-20-25-16-17-39-21-30(25)47-23-24-12-9-13-27(19-24)46-18-8-2/h7-10,12-17,19,21,26,40H,1-2,11,18,20,22-23H2,3-6H3,(H,41,49). The van der Waals surface area contributed by atoms with Gasteiger partial charge >= 0.3 is 6.09 Å². The summed E-state index contributed by atoms with van der Waals surface area (Å²) < 4.78 is 37.2. The number of imide groups is 1. The van der Waals surface area contributed by atoms with Crippen molar-refractivity contribution in [1.29, 1.82) is 0 Å². The third-order valence-corrected chi connectivity index (χ3v) is 7.56. The highest BCUT2D eigenvalue weighted by molar-refractivity contribution is 7.81. The van der Waals surface area contributed by atoms with Crippen LogP contribution >= 0.6 is 12.2 Å². The van der Waals surface area contributed by atoms with E-state index in [1.54, 1.807) is 57.4 Å². The lowest BCUT2D eigenvalue weighted by molar-refractivity contribution is -0.127. The summed E-state index contributed by atoms with van der Waals surface area (Å²) in [6.45, 7) is 13.6. The third-order valence-electron chi connectivity index (χ3n) is 7.25. The number of benzene rings is 2. The molecule has 1 atom stereocenters. The number of allylic oxidation sites excluding steroid dienone is 1. The lowest BCUT2D eigenvalue weighted by Crippen LogP contribution is -2.51. The molecule has 0 bridgehead atoms. The number of halogens is 1. The van der Waals surface area contributed by atoms with Gasteiger partial charge in [0, 0.05) is 36.5 Å². The van der Waals surface area contributed by atoms with Gasteiger partial charge in [-0.25, -0.2) is 14.1 Å². The van der Waals surface area contributed by atoms with Crippen molar-refractivity contribution in [2.24, 2.45) is 5.92 Å². The molecule has 1 unspecified atom stereocenters. The van der Waals surface area contributed by atoms with Crippen LogP contribution in [0.1, 0.15) is 38.3 Å². The largest absolute Gasteiger partial charge is 0.492 e. The van der Waals surface area contributed by atoms with Crippen LogP contribution in [0.25, 0.3) is 0 Å². The second-order valence-corrected chi connectivity index (χ2v) is 12.5. The number of rotatable bonds is 14. The number of anilines is 1. The van der Waals surface area contributed by atoms with Crippen LogP contribution in [0.2, 0.25) is 0 Å². The fourth-order valence-electron chi connectivity index (χ4n) is 5.09. The summed E-state index contributed by atoms with van der Waals surface area (Å²) in [6.07, 6.45) is 6.22. The molecule has 4 rings (SSSR count). The van der Waals surface area contributed by atoms with Gasteiger partial charge in [0.25, 0.3) is 5.91 Å². The van der Waals surface area contributed by atoms with Crippen LogP contribution in [0.3, 0.4) is 0 Å². The number of thiocarbonyl (C=S) groups is 1. The van der Waals surface area contributed by atoms with Gasteiger partial charge in [0.2, 0.25) is 0 Å². The first-order chi connectivity index (χ1) is 23.4. The molecule has 0 fully saturated rings. The SMILES string of the molecule is C=CCOc1cccc(COc2cnccc2CNC2=C(C(=S)Nc3cccc(F)c3OC)C(=O)N(C(=O)OC(C)(C)C)CC2CC=C)c1. The Morgan fingerprint density at radius 3 is 2.63 bits per heavy atom. The number of ether oxygens (including phenoxy) is 4. The summed E-state index contributed by atoms with van der Waals surface area (Å²) >= 11 is 5.77. The summed E-state index contributed by atoms with van der Waals surface area (Å²) in [4.78, 5) is 32.6. The fraction of sp³-hybridized carbons (Fsp3) is 0.297. The molecular formula is C37H41FN4O6S. The molecule has 258 valence electrons. The Kier molecular flexibility index (Phi) is 12.5. The van der Waals surface area contributed by atoms with Crippen molar-refractivity contribution in [1.82, 2.24) is 15.2 Å². The monoisotopic (exact) mass is 688 g/mol. The summed E-state index contributed by atoms with van der Waals surface area (Å²) in [6, 6.07) is 13.7. The average Bonchev–Trinajstić information content (AvgIpc) is 3.06. The molecule has 1 aliphatic heterocycles. The first-order valence-corrected chi connectivity index (χ1v) is 16.0. The predicted molar refractivity (Wildman–Crippen MR) is 190 cm³/mol. The Bertz CT molecular complexity index is 1740. The molecule has 2 N–H and O–H groups in total. The highest BCUT2D eigenvalue weighted by atomic mass is 32.1. The molecule has 2 heterocycles. The molecule has 3 aromatic rings. The van der Waals surface area contributed by atoms with E-state index in [-0.39, 0.29) is 41.7 Å². The van der Waals surface area contributed by atoms with Gasteiger partial charge in [0.15, 0.2) is 11.6 Å². The topological polar surface area (TPSA) is 111 Å². The minimum atomic E-state index is -0.848. The maximum Gasteiger partial charge on any atom is 0.417 e. The maximum atomic E-state index is 14.6. The lowest BCUT2D eigenvalue weighted by Gasteiger charge is -2.36. The van der Waals surface area contributed by atoms with E-state index in [0.29, 0.717) is 30.2 Å². The number of nitrogens with one attached hydrogen (secondary N) is 2. The van der Waals surface area contributed by atoms with Crippen molar-refractivity contribution >= 4 is 34.9 Å². The summed E-state index contributed by atoms with van der Waals surface area (Å²) in [7, 11) is 1.33. The molecule has 1 aromatic heterocycles. The van der Waals surface area contributed by atoms with Crippen molar-refractivity contribution in [2.75, 3.05) is 25.6 Å². The highest BCUT2D eigenvalue weighted by Crippen LogP contribution is 2.32. The van der Waals surface area contributed by atoms with Gasteiger partial charge in [0.05, 0.1) is 24.6 Å². The van der Waals surface area contributed by atoms with E-state index in [4.69, 9.17) is 31.2 Å². The minimum absolute atomic E-state index is 0.0153. The number of amides is 2. The summed E-state index contributed by atoms with van der Waals surface area (Å²) in [5, 5.41) is 6.36. The van der Waals surface area contributed by atoms with Crippen LogP contribution in [-0.2, 0) is 22.7 Å². The molecule has 10 nitrogen and oxygen atoms in total. The first-order valence-electron chi connectivity index (χ1n) is 15.6. The van der Waals surface area contributed by atoms with E-state index in [0.717, 1.165) is 16.0 Å². The lowest BCUT2D eigenvalue weighted by atomic mass is 9.91. The van der Waals surface area contributed by atoms with Crippen molar-refractivity contribution in [2.45, 2.75) is 45.9 Å².